The van der Waals surface area contributed by atoms with Crippen LogP contribution in [0.4, 0.5) is 5.13 Å². The molecule has 0 saturated carbocycles. The summed E-state index contributed by atoms with van der Waals surface area (Å²) in [5, 5.41) is 5.03. The van der Waals surface area contributed by atoms with E-state index in [0.29, 0.717) is 17.4 Å². The molecule has 4 rings (SSSR count). The Balaban J connectivity index is 1.72. The van der Waals surface area contributed by atoms with Crippen molar-refractivity contribution in [1.82, 2.24) is 19.7 Å². The predicted octanol–water partition coefficient (Wildman–Crippen LogP) is 3.75. The minimum atomic E-state index is -0.0973. The van der Waals surface area contributed by atoms with Crippen LogP contribution in [-0.2, 0) is 17.9 Å². The Morgan fingerprint density at radius 2 is 2.07 bits per heavy atom. The number of aryl methyl sites for hydroxylation is 2. The van der Waals surface area contributed by atoms with Gasteiger partial charge in [0.2, 0.25) is 0 Å². The SMILES string of the molecule is COc1cccc2sc(N(Cc3ccccn3)C(=O)Cn3nc(C)cc3C)nc12. The first-order chi connectivity index (χ1) is 14.0. The molecular weight excluding hydrogens is 386 g/mol. The second-order valence-electron chi connectivity index (χ2n) is 6.69. The highest BCUT2D eigenvalue weighted by atomic mass is 32.1. The number of ether oxygens (including phenoxy) is 1. The van der Waals surface area contributed by atoms with Crippen molar-refractivity contribution in [3.05, 3.63) is 65.7 Å². The van der Waals surface area contributed by atoms with Gasteiger partial charge in [-0.1, -0.05) is 23.5 Å². The van der Waals surface area contributed by atoms with Crippen molar-refractivity contribution < 1.29 is 9.53 Å². The third-order valence-corrected chi connectivity index (χ3v) is 5.60. The van der Waals surface area contributed by atoms with Gasteiger partial charge in [0.05, 0.1) is 29.7 Å². The van der Waals surface area contributed by atoms with Crippen LogP contribution in [0.5, 0.6) is 5.75 Å². The van der Waals surface area contributed by atoms with E-state index in [9.17, 15) is 4.79 Å². The summed E-state index contributed by atoms with van der Waals surface area (Å²) in [5.41, 5.74) is 3.37. The zero-order valence-electron chi connectivity index (χ0n) is 16.5. The summed E-state index contributed by atoms with van der Waals surface area (Å²) < 4.78 is 8.11. The molecule has 0 atom stereocenters. The topological polar surface area (TPSA) is 73.1 Å². The van der Waals surface area contributed by atoms with E-state index in [0.717, 1.165) is 27.3 Å². The first-order valence-electron chi connectivity index (χ1n) is 9.20. The van der Waals surface area contributed by atoms with Crippen LogP contribution in [0, 0.1) is 13.8 Å². The number of pyridine rings is 1. The number of para-hydroxylation sites is 1. The molecule has 29 heavy (non-hydrogen) atoms. The Labute approximate surface area is 172 Å². The number of rotatable bonds is 6. The summed E-state index contributed by atoms with van der Waals surface area (Å²) in [4.78, 5) is 24.0. The maximum Gasteiger partial charge on any atom is 0.250 e. The molecule has 3 heterocycles. The summed E-state index contributed by atoms with van der Waals surface area (Å²) in [6.07, 6.45) is 1.72. The maximum atomic E-state index is 13.3. The Morgan fingerprint density at radius 3 is 2.76 bits per heavy atom. The minimum Gasteiger partial charge on any atom is -0.494 e. The number of hydrogen-bond acceptors (Lipinski definition) is 6. The molecule has 0 fully saturated rings. The fourth-order valence-corrected chi connectivity index (χ4v) is 4.16. The van der Waals surface area contributed by atoms with Crippen LogP contribution < -0.4 is 9.64 Å². The normalized spacial score (nSPS) is 11.0. The Kier molecular flexibility index (Phi) is 5.26. The van der Waals surface area contributed by atoms with Gasteiger partial charge in [-0.3, -0.25) is 19.4 Å². The summed E-state index contributed by atoms with van der Waals surface area (Å²) in [6, 6.07) is 13.4. The number of methoxy groups -OCH3 is 1. The third kappa shape index (κ3) is 3.97. The summed E-state index contributed by atoms with van der Waals surface area (Å²) in [5.74, 6) is 0.591. The molecular formula is C21H21N5O2S. The first kappa shape index (κ1) is 19.1. The molecule has 0 unspecified atom stereocenters. The summed E-state index contributed by atoms with van der Waals surface area (Å²) >= 11 is 1.46. The van der Waals surface area contributed by atoms with Gasteiger partial charge in [-0.25, -0.2) is 4.98 Å². The van der Waals surface area contributed by atoms with Crippen molar-refractivity contribution >= 4 is 32.6 Å². The number of amides is 1. The Morgan fingerprint density at radius 1 is 1.21 bits per heavy atom. The van der Waals surface area contributed by atoms with E-state index in [-0.39, 0.29) is 12.5 Å². The first-order valence-corrected chi connectivity index (χ1v) is 10.0. The van der Waals surface area contributed by atoms with Crippen molar-refractivity contribution in [2.75, 3.05) is 12.0 Å². The van der Waals surface area contributed by atoms with Gasteiger partial charge in [0.15, 0.2) is 5.13 Å². The van der Waals surface area contributed by atoms with Crippen molar-refractivity contribution in [1.29, 1.82) is 0 Å². The van der Waals surface area contributed by atoms with E-state index in [2.05, 4.69) is 10.1 Å². The quantitative estimate of drug-likeness (QED) is 0.487. The smallest absolute Gasteiger partial charge is 0.250 e. The lowest BCUT2D eigenvalue weighted by Gasteiger charge is -2.20. The van der Waals surface area contributed by atoms with Crippen LogP contribution in [-0.4, -0.2) is 32.8 Å². The highest BCUT2D eigenvalue weighted by Gasteiger charge is 2.23. The second kappa shape index (κ2) is 8.00. The average molecular weight is 407 g/mol. The number of carbonyl (C=O) groups excluding carboxylic acids is 1. The van der Waals surface area contributed by atoms with E-state index in [1.807, 2.05) is 56.3 Å². The summed E-state index contributed by atoms with van der Waals surface area (Å²) in [7, 11) is 1.62. The largest absolute Gasteiger partial charge is 0.494 e. The second-order valence-corrected chi connectivity index (χ2v) is 7.70. The lowest BCUT2D eigenvalue weighted by molar-refractivity contribution is -0.119. The van der Waals surface area contributed by atoms with Gasteiger partial charge in [0.25, 0.3) is 5.91 Å². The molecule has 3 aromatic heterocycles. The van der Waals surface area contributed by atoms with Gasteiger partial charge in [-0.05, 0) is 44.2 Å². The van der Waals surface area contributed by atoms with Crippen LogP contribution in [0.2, 0.25) is 0 Å². The highest BCUT2D eigenvalue weighted by molar-refractivity contribution is 7.22. The fraction of sp³-hybridized carbons (Fsp3) is 0.238. The molecule has 0 N–H and O–H groups in total. The molecule has 1 aromatic carbocycles. The fourth-order valence-electron chi connectivity index (χ4n) is 3.16. The molecule has 0 spiro atoms. The van der Waals surface area contributed by atoms with Crippen molar-refractivity contribution in [3.63, 3.8) is 0 Å². The summed E-state index contributed by atoms with van der Waals surface area (Å²) in [6.45, 7) is 4.33. The lowest BCUT2D eigenvalue weighted by atomic mass is 10.3. The van der Waals surface area contributed by atoms with Gasteiger partial charge < -0.3 is 4.74 Å². The molecule has 0 radical (unpaired) electrons. The van der Waals surface area contributed by atoms with Crippen LogP contribution >= 0.6 is 11.3 Å². The van der Waals surface area contributed by atoms with Crippen LogP contribution in [0.3, 0.4) is 0 Å². The van der Waals surface area contributed by atoms with Crippen LogP contribution in [0.25, 0.3) is 10.2 Å². The molecule has 7 nitrogen and oxygen atoms in total. The van der Waals surface area contributed by atoms with E-state index in [4.69, 9.17) is 9.72 Å². The molecule has 148 valence electrons. The number of benzene rings is 1. The number of nitrogens with zero attached hydrogens (tertiary/aromatic N) is 5. The van der Waals surface area contributed by atoms with Gasteiger partial charge in [0, 0.05) is 11.9 Å². The number of thiazole rings is 1. The molecule has 1 amide bonds. The van der Waals surface area contributed by atoms with E-state index >= 15 is 0 Å². The van der Waals surface area contributed by atoms with Gasteiger partial charge in [0.1, 0.15) is 17.8 Å². The zero-order valence-corrected chi connectivity index (χ0v) is 17.3. The molecule has 0 aliphatic carbocycles. The van der Waals surface area contributed by atoms with E-state index in [1.165, 1.54) is 11.3 Å². The Hall–Kier alpha value is -3.26. The number of carbonyl (C=O) groups is 1. The van der Waals surface area contributed by atoms with Crippen molar-refractivity contribution in [3.8, 4) is 5.75 Å². The van der Waals surface area contributed by atoms with E-state index < -0.39 is 0 Å². The lowest BCUT2D eigenvalue weighted by Crippen LogP contribution is -2.34. The number of hydrogen-bond donors (Lipinski definition) is 0. The molecule has 0 saturated heterocycles. The Bertz CT molecular complexity index is 1150. The highest BCUT2D eigenvalue weighted by Crippen LogP contribution is 2.34. The van der Waals surface area contributed by atoms with Crippen LogP contribution in [0.1, 0.15) is 17.1 Å². The third-order valence-electron chi connectivity index (χ3n) is 4.56. The molecule has 8 heteroatoms. The number of aromatic nitrogens is 4. The van der Waals surface area contributed by atoms with Gasteiger partial charge in [-0.2, -0.15) is 5.10 Å². The molecule has 0 aliphatic rings. The van der Waals surface area contributed by atoms with Gasteiger partial charge >= 0.3 is 0 Å². The predicted molar refractivity (Wildman–Crippen MR) is 113 cm³/mol. The van der Waals surface area contributed by atoms with E-state index in [1.54, 1.807) is 22.9 Å². The monoisotopic (exact) mass is 407 g/mol. The number of anilines is 1. The minimum absolute atomic E-state index is 0.0973. The van der Waals surface area contributed by atoms with Crippen molar-refractivity contribution in [2.45, 2.75) is 26.9 Å². The number of fused-ring (bicyclic) bond motifs is 1. The maximum absolute atomic E-state index is 13.3. The van der Waals surface area contributed by atoms with Crippen molar-refractivity contribution in [2.24, 2.45) is 0 Å². The van der Waals surface area contributed by atoms with Gasteiger partial charge in [-0.15, -0.1) is 0 Å². The average Bonchev–Trinajstić information content (AvgIpc) is 3.29. The molecule has 0 aliphatic heterocycles. The van der Waals surface area contributed by atoms with Crippen LogP contribution in [0.15, 0.2) is 48.7 Å². The molecule has 0 bridgehead atoms. The zero-order chi connectivity index (χ0) is 20.4. The molecule has 4 aromatic rings. The standard InChI is InChI=1S/C21H21N5O2S/c1-14-11-15(2)26(24-14)13-19(27)25(12-16-7-4-5-10-22-16)21-23-20-17(28-3)8-6-9-18(20)29-21/h4-11H,12-13H2,1-3H3.